The van der Waals surface area contributed by atoms with E-state index in [1.165, 1.54) is 0 Å². The highest BCUT2D eigenvalue weighted by molar-refractivity contribution is 7.80. The molecule has 0 aliphatic carbocycles. The summed E-state index contributed by atoms with van der Waals surface area (Å²) >= 11 is 4.85. The summed E-state index contributed by atoms with van der Waals surface area (Å²) in [6, 6.07) is 0. The zero-order valence-corrected chi connectivity index (χ0v) is 10.9. The van der Waals surface area contributed by atoms with E-state index in [2.05, 4.69) is 25.4 Å². The van der Waals surface area contributed by atoms with Crippen molar-refractivity contribution < 1.29 is 0 Å². The van der Waals surface area contributed by atoms with Gasteiger partial charge in [0.2, 0.25) is 0 Å². The van der Waals surface area contributed by atoms with Gasteiger partial charge in [0.15, 0.2) is 5.82 Å². The lowest BCUT2D eigenvalue weighted by Gasteiger charge is -2.23. The van der Waals surface area contributed by atoms with Crippen LogP contribution < -0.4 is 11.5 Å². The minimum Gasteiger partial charge on any atom is -0.393 e. The Kier molecular flexibility index (Phi) is 6.41. The van der Waals surface area contributed by atoms with Gasteiger partial charge in [-0.1, -0.05) is 32.6 Å². The van der Waals surface area contributed by atoms with Crippen molar-refractivity contribution in [1.82, 2.24) is 4.90 Å². The van der Waals surface area contributed by atoms with Crippen LogP contribution in [0.5, 0.6) is 0 Å². The van der Waals surface area contributed by atoms with E-state index >= 15 is 0 Å². The van der Waals surface area contributed by atoms with Crippen LogP contribution in [-0.2, 0) is 0 Å². The van der Waals surface area contributed by atoms with Gasteiger partial charge in [-0.25, -0.2) is 4.99 Å². The maximum Gasteiger partial charge on any atom is 0.158 e. The molecule has 0 spiro atoms. The van der Waals surface area contributed by atoms with Gasteiger partial charge in [0.1, 0.15) is 10.7 Å². The van der Waals surface area contributed by atoms with E-state index < -0.39 is 0 Å². The summed E-state index contributed by atoms with van der Waals surface area (Å²) in [5, 5.41) is 0. The first-order valence-electron chi connectivity index (χ1n) is 5.11. The fourth-order valence-electron chi connectivity index (χ4n) is 1.17. The predicted octanol–water partition coefficient (Wildman–Crippen LogP) is 1.59. The highest BCUT2D eigenvalue weighted by Gasteiger charge is 2.12. The second-order valence-corrected chi connectivity index (χ2v) is 4.16. The molecular formula is C11H20N4S. The Morgan fingerprint density at radius 3 is 2.38 bits per heavy atom. The molecule has 0 saturated heterocycles. The molecule has 0 unspecified atom stereocenters. The maximum atomic E-state index is 5.81. The zero-order valence-electron chi connectivity index (χ0n) is 10.1. The number of hydrogen-bond donors (Lipinski definition) is 2. The molecule has 0 rings (SSSR count). The van der Waals surface area contributed by atoms with Gasteiger partial charge in [0.25, 0.3) is 0 Å². The summed E-state index contributed by atoms with van der Waals surface area (Å²) in [6.07, 6.45) is 3.32. The third-order valence-corrected chi connectivity index (χ3v) is 2.03. The predicted molar refractivity (Wildman–Crippen MR) is 73.9 cm³/mol. The fraction of sp³-hybridized carbons (Fsp3) is 0.455. The van der Waals surface area contributed by atoms with Crippen LogP contribution in [0, 0.1) is 5.92 Å². The minimum absolute atomic E-state index is 0.149. The molecule has 0 saturated carbocycles. The molecule has 4 N–H and O–H groups in total. The largest absolute Gasteiger partial charge is 0.393 e. The summed E-state index contributed by atoms with van der Waals surface area (Å²) in [7, 11) is 0. The van der Waals surface area contributed by atoms with Gasteiger partial charge >= 0.3 is 0 Å². The van der Waals surface area contributed by atoms with E-state index in [0.29, 0.717) is 17.4 Å². The van der Waals surface area contributed by atoms with Crippen LogP contribution >= 0.6 is 12.2 Å². The lowest BCUT2D eigenvalue weighted by Crippen LogP contribution is -2.28. The molecule has 0 radical (unpaired) electrons. The van der Waals surface area contributed by atoms with Crippen LogP contribution in [-0.4, -0.2) is 22.6 Å². The van der Waals surface area contributed by atoms with E-state index in [-0.39, 0.29) is 4.99 Å². The van der Waals surface area contributed by atoms with E-state index in [1.54, 1.807) is 12.4 Å². The Hall–Kier alpha value is -1.36. The number of thiocarbonyl (C=S) groups is 1. The second kappa shape index (κ2) is 7.00. The van der Waals surface area contributed by atoms with Crippen LogP contribution in [0.1, 0.15) is 20.8 Å². The van der Waals surface area contributed by atoms with Crippen LogP contribution in [0.3, 0.4) is 0 Å². The number of aliphatic imine (C=N–C) groups is 1. The lowest BCUT2D eigenvalue weighted by atomic mass is 10.2. The van der Waals surface area contributed by atoms with E-state index in [4.69, 9.17) is 23.7 Å². The normalized spacial score (nSPS) is 12.8. The average Bonchev–Trinajstić information content (AvgIpc) is 2.21. The second-order valence-electron chi connectivity index (χ2n) is 3.72. The molecule has 4 nitrogen and oxygen atoms in total. The summed E-state index contributed by atoms with van der Waals surface area (Å²) in [6.45, 7) is 10.5. The highest BCUT2D eigenvalue weighted by Crippen LogP contribution is 2.12. The van der Waals surface area contributed by atoms with Crippen molar-refractivity contribution in [1.29, 1.82) is 0 Å². The molecule has 0 aromatic rings. The average molecular weight is 240 g/mol. The maximum absolute atomic E-state index is 5.81. The third kappa shape index (κ3) is 4.44. The molecule has 0 bridgehead atoms. The van der Waals surface area contributed by atoms with Crippen molar-refractivity contribution in [2.24, 2.45) is 22.4 Å². The van der Waals surface area contributed by atoms with Crippen LogP contribution in [0.15, 0.2) is 29.3 Å². The molecule has 0 aliphatic heterocycles. The van der Waals surface area contributed by atoms with Crippen molar-refractivity contribution in [2.75, 3.05) is 6.54 Å². The Morgan fingerprint density at radius 1 is 1.50 bits per heavy atom. The van der Waals surface area contributed by atoms with Crippen molar-refractivity contribution in [3.63, 3.8) is 0 Å². The molecule has 90 valence electrons. The summed E-state index contributed by atoms with van der Waals surface area (Å²) in [5.74, 6) is 1.01. The van der Waals surface area contributed by atoms with Crippen molar-refractivity contribution in [3.8, 4) is 0 Å². The molecule has 0 fully saturated rings. The first-order valence-corrected chi connectivity index (χ1v) is 5.52. The molecule has 0 aromatic heterocycles. The van der Waals surface area contributed by atoms with Gasteiger partial charge in [-0.15, -0.1) is 0 Å². The van der Waals surface area contributed by atoms with Gasteiger partial charge in [-0.05, 0) is 19.0 Å². The summed E-state index contributed by atoms with van der Waals surface area (Å²) < 4.78 is 0. The summed E-state index contributed by atoms with van der Waals surface area (Å²) in [5.41, 5.74) is 11.6. The van der Waals surface area contributed by atoms with Gasteiger partial charge in [0.05, 0.1) is 0 Å². The molecule has 0 atom stereocenters. The van der Waals surface area contributed by atoms with E-state index in [9.17, 15) is 0 Å². The van der Waals surface area contributed by atoms with Crippen molar-refractivity contribution >= 4 is 23.4 Å². The summed E-state index contributed by atoms with van der Waals surface area (Å²) in [4.78, 5) is 6.18. The van der Waals surface area contributed by atoms with Crippen LogP contribution in [0.25, 0.3) is 0 Å². The number of rotatable bonds is 6. The lowest BCUT2D eigenvalue weighted by molar-refractivity contribution is 0.392. The standard InChI is InChI=1S/C11H20N4S/c1-5-14-11(9(12)10(13)16)15(6-2)7-8(3)4/h5-6,8H,2,7,12H2,1,3-4H3,(H2,13,16)/b11-9-,14-5?. The van der Waals surface area contributed by atoms with Crippen molar-refractivity contribution in [2.45, 2.75) is 20.8 Å². The van der Waals surface area contributed by atoms with Gasteiger partial charge < -0.3 is 16.4 Å². The van der Waals surface area contributed by atoms with Gasteiger partial charge in [-0.2, -0.15) is 0 Å². The quantitative estimate of drug-likeness (QED) is 0.420. The highest BCUT2D eigenvalue weighted by atomic mass is 32.1. The van der Waals surface area contributed by atoms with Crippen LogP contribution in [0.4, 0.5) is 0 Å². The third-order valence-electron chi connectivity index (χ3n) is 1.81. The Bertz CT molecular complexity index is 318. The molecule has 0 heterocycles. The zero-order chi connectivity index (χ0) is 12.7. The molecular weight excluding hydrogens is 220 g/mol. The topological polar surface area (TPSA) is 67.6 Å². The minimum atomic E-state index is 0.149. The van der Waals surface area contributed by atoms with E-state index in [1.807, 2.05) is 11.8 Å². The fourth-order valence-corrected chi connectivity index (χ4v) is 1.26. The molecule has 5 heteroatoms. The molecule has 16 heavy (non-hydrogen) atoms. The van der Waals surface area contributed by atoms with Gasteiger partial charge in [-0.3, -0.25) is 0 Å². The Morgan fingerprint density at radius 2 is 2.06 bits per heavy atom. The molecule has 0 aromatic carbocycles. The van der Waals surface area contributed by atoms with E-state index in [0.717, 1.165) is 6.54 Å². The molecule has 0 amide bonds. The number of hydrogen-bond acceptors (Lipinski definition) is 4. The Balaban J connectivity index is 5.24. The smallest absolute Gasteiger partial charge is 0.158 e. The first-order chi connectivity index (χ1) is 7.43. The first kappa shape index (κ1) is 14.6. The Labute approximate surface area is 103 Å². The number of nitrogens with two attached hydrogens (primary N) is 2. The molecule has 0 aliphatic rings. The SMILES string of the molecule is C=CN(CC(C)C)/C(N=CC)=C(\N)C(N)=S. The van der Waals surface area contributed by atoms with Crippen molar-refractivity contribution in [3.05, 3.63) is 24.3 Å². The van der Waals surface area contributed by atoms with Gasteiger partial charge in [0, 0.05) is 12.8 Å². The number of nitrogens with zero attached hydrogens (tertiary/aromatic N) is 2. The monoisotopic (exact) mass is 240 g/mol. The van der Waals surface area contributed by atoms with Crippen LogP contribution in [0.2, 0.25) is 0 Å².